The summed E-state index contributed by atoms with van der Waals surface area (Å²) in [5, 5.41) is 2.46. The number of nitrogens with zero attached hydrogens (tertiary/aromatic N) is 1. The van der Waals surface area contributed by atoms with Gasteiger partial charge in [-0.2, -0.15) is 0 Å². The second-order valence-corrected chi connectivity index (χ2v) is 7.76. The Hall–Kier alpha value is -1.45. The van der Waals surface area contributed by atoms with Crippen molar-refractivity contribution < 1.29 is 19.1 Å². The highest BCUT2D eigenvalue weighted by atomic mass is 32.2. The summed E-state index contributed by atoms with van der Waals surface area (Å²) in [5.41, 5.74) is 7.92. The largest absolute Gasteiger partial charge is 0.378 e. The van der Waals surface area contributed by atoms with Crippen LogP contribution < -0.4 is 11.1 Å². The van der Waals surface area contributed by atoms with Gasteiger partial charge in [0.25, 0.3) is 0 Å². The third-order valence-electron chi connectivity index (χ3n) is 4.74. The number of imide groups is 1. The number of thioether (sulfide) groups is 1. The average molecular weight is 394 g/mol. The van der Waals surface area contributed by atoms with Gasteiger partial charge in [-0.25, -0.2) is 0 Å². The van der Waals surface area contributed by atoms with Gasteiger partial charge in [0.15, 0.2) is 0 Å². The molecule has 0 radical (unpaired) electrons. The normalized spacial score (nSPS) is 20.0. The first-order valence-electron chi connectivity index (χ1n) is 9.36. The minimum Gasteiger partial charge on any atom is -0.378 e. The number of rotatable bonds is 10. The van der Waals surface area contributed by atoms with Gasteiger partial charge in [-0.3, -0.25) is 19.8 Å². The number of nitrogens with two attached hydrogens (primary N) is 1. The highest BCUT2D eigenvalue weighted by molar-refractivity contribution is 7.99. The third kappa shape index (κ3) is 5.52. The van der Waals surface area contributed by atoms with Gasteiger partial charge >= 0.3 is 0 Å². The Morgan fingerprint density at radius 3 is 2.74 bits per heavy atom. The Morgan fingerprint density at radius 1 is 1.15 bits per heavy atom. The molecule has 3 rings (SSSR count). The number of ether oxygens (including phenoxy) is 2. The lowest BCUT2D eigenvalue weighted by Crippen LogP contribution is -2.50. The Kier molecular flexibility index (Phi) is 7.66. The summed E-state index contributed by atoms with van der Waals surface area (Å²) in [6.07, 6.45) is 1.01. The summed E-state index contributed by atoms with van der Waals surface area (Å²) in [6, 6.07) is 6.10. The number of carbonyl (C=O) groups excluding carboxylic acids is 2. The highest BCUT2D eigenvalue weighted by Crippen LogP contribution is 2.34. The molecule has 1 fully saturated rings. The number of benzene rings is 1. The molecule has 3 N–H and O–H groups in total. The van der Waals surface area contributed by atoms with Crippen LogP contribution in [0.3, 0.4) is 0 Å². The van der Waals surface area contributed by atoms with E-state index >= 15 is 0 Å². The Balaban J connectivity index is 1.47. The van der Waals surface area contributed by atoms with E-state index in [4.69, 9.17) is 15.2 Å². The smallest absolute Gasteiger partial charge is 0.243 e. The quantitative estimate of drug-likeness (QED) is 0.346. The molecular formula is C19H27N3O4S. The zero-order valence-corrected chi connectivity index (χ0v) is 16.3. The van der Waals surface area contributed by atoms with Gasteiger partial charge in [0.1, 0.15) is 0 Å². The van der Waals surface area contributed by atoms with Crippen LogP contribution in [0.1, 0.15) is 24.0 Å². The molecule has 0 aliphatic carbocycles. The molecule has 2 aliphatic heterocycles. The molecular weight excluding hydrogens is 366 g/mol. The summed E-state index contributed by atoms with van der Waals surface area (Å²) in [5.74, 6) is 0.530. The van der Waals surface area contributed by atoms with Gasteiger partial charge in [-0.05, 0) is 23.6 Å². The van der Waals surface area contributed by atoms with Crippen molar-refractivity contribution in [2.45, 2.75) is 36.9 Å². The first-order chi connectivity index (χ1) is 13.2. The molecule has 7 nitrogen and oxygen atoms in total. The van der Waals surface area contributed by atoms with Gasteiger partial charge in [0.05, 0.1) is 32.5 Å². The molecule has 1 saturated heterocycles. The summed E-state index contributed by atoms with van der Waals surface area (Å²) in [7, 11) is 0. The van der Waals surface area contributed by atoms with Crippen molar-refractivity contribution in [3.8, 4) is 0 Å². The van der Waals surface area contributed by atoms with Crippen molar-refractivity contribution in [3.63, 3.8) is 0 Å². The molecule has 148 valence electrons. The molecule has 0 saturated carbocycles. The van der Waals surface area contributed by atoms with Crippen molar-refractivity contribution in [1.29, 1.82) is 0 Å². The number of carbonyl (C=O) groups is 2. The zero-order chi connectivity index (χ0) is 19.1. The van der Waals surface area contributed by atoms with E-state index in [0.717, 1.165) is 18.8 Å². The molecule has 1 atom stereocenters. The number of fused-ring (bicyclic) bond motifs is 1. The maximum Gasteiger partial charge on any atom is 0.243 e. The third-order valence-corrected chi connectivity index (χ3v) is 5.80. The van der Waals surface area contributed by atoms with E-state index in [1.54, 1.807) is 11.8 Å². The lowest BCUT2D eigenvalue weighted by atomic mass is 10.0. The minimum atomic E-state index is -0.218. The van der Waals surface area contributed by atoms with Gasteiger partial charge in [-0.1, -0.05) is 12.1 Å². The molecule has 2 aliphatic rings. The Bertz CT molecular complexity index is 670. The first kappa shape index (κ1) is 20.3. The standard InChI is InChI=1S/C19H27N3O4S/c20-6-7-25-8-9-26-10-11-27-17-3-1-2-14-12-22(13-15(14)17)16-4-5-18(23)21-19(16)24/h1-3,16H,4-13,20H2,(H,21,23,24). The van der Waals surface area contributed by atoms with Crippen LogP contribution in [0.15, 0.2) is 23.1 Å². The topological polar surface area (TPSA) is 93.9 Å². The van der Waals surface area contributed by atoms with E-state index < -0.39 is 0 Å². The number of amides is 2. The molecule has 2 amide bonds. The van der Waals surface area contributed by atoms with Gasteiger partial charge in [0.2, 0.25) is 11.8 Å². The fourth-order valence-corrected chi connectivity index (χ4v) is 4.38. The van der Waals surface area contributed by atoms with Crippen molar-refractivity contribution >= 4 is 23.6 Å². The van der Waals surface area contributed by atoms with Crippen LogP contribution in [0, 0.1) is 0 Å². The van der Waals surface area contributed by atoms with Crippen LogP contribution in [0.4, 0.5) is 0 Å². The summed E-state index contributed by atoms with van der Waals surface area (Å²) >= 11 is 1.78. The number of nitrogens with one attached hydrogen (secondary N) is 1. The van der Waals surface area contributed by atoms with Crippen molar-refractivity contribution in [2.75, 3.05) is 38.7 Å². The average Bonchev–Trinajstić information content (AvgIpc) is 3.08. The molecule has 0 aromatic heterocycles. The fraction of sp³-hybridized carbons (Fsp3) is 0.579. The Labute approximate surface area is 163 Å². The van der Waals surface area contributed by atoms with Gasteiger partial charge < -0.3 is 15.2 Å². The number of hydrogen-bond donors (Lipinski definition) is 2. The summed E-state index contributed by atoms with van der Waals surface area (Å²) in [6.45, 7) is 4.42. The highest BCUT2D eigenvalue weighted by Gasteiger charge is 2.35. The molecule has 1 unspecified atom stereocenters. The molecule has 0 bridgehead atoms. The van der Waals surface area contributed by atoms with Crippen molar-refractivity contribution in [1.82, 2.24) is 10.2 Å². The molecule has 0 spiro atoms. The van der Waals surface area contributed by atoms with E-state index in [1.165, 1.54) is 16.0 Å². The van der Waals surface area contributed by atoms with Crippen LogP contribution in [0.25, 0.3) is 0 Å². The fourth-order valence-electron chi connectivity index (χ4n) is 3.42. The second-order valence-electron chi connectivity index (χ2n) is 6.63. The van der Waals surface area contributed by atoms with Crippen LogP contribution in [0.2, 0.25) is 0 Å². The van der Waals surface area contributed by atoms with E-state index in [1.807, 2.05) is 0 Å². The zero-order valence-electron chi connectivity index (χ0n) is 15.4. The van der Waals surface area contributed by atoms with E-state index in [0.29, 0.717) is 45.8 Å². The summed E-state index contributed by atoms with van der Waals surface area (Å²) in [4.78, 5) is 26.9. The molecule has 1 aromatic carbocycles. The molecule has 27 heavy (non-hydrogen) atoms. The van der Waals surface area contributed by atoms with Crippen LogP contribution >= 0.6 is 11.8 Å². The predicted octanol–water partition coefficient (Wildman–Crippen LogP) is 0.891. The lowest BCUT2D eigenvalue weighted by molar-refractivity contribution is -0.137. The van der Waals surface area contributed by atoms with Crippen LogP contribution in [0.5, 0.6) is 0 Å². The van der Waals surface area contributed by atoms with E-state index in [2.05, 4.69) is 28.4 Å². The monoisotopic (exact) mass is 393 g/mol. The van der Waals surface area contributed by atoms with Crippen LogP contribution in [-0.4, -0.2) is 61.5 Å². The van der Waals surface area contributed by atoms with Crippen molar-refractivity contribution in [2.24, 2.45) is 5.73 Å². The number of piperidine rings is 1. The SMILES string of the molecule is NCCOCCOCCSc1cccc2c1CN(C1CCC(=O)NC1=O)C2. The predicted molar refractivity (Wildman–Crippen MR) is 103 cm³/mol. The van der Waals surface area contributed by atoms with Crippen molar-refractivity contribution in [3.05, 3.63) is 29.3 Å². The minimum absolute atomic E-state index is 0.168. The van der Waals surface area contributed by atoms with E-state index in [-0.39, 0.29) is 17.9 Å². The second kappa shape index (κ2) is 10.2. The van der Waals surface area contributed by atoms with Crippen LogP contribution in [-0.2, 0) is 32.2 Å². The molecule has 8 heteroatoms. The lowest BCUT2D eigenvalue weighted by Gasteiger charge is -2.29. The maximum atomic E-state index is 12.2. The first-order valence-corrected chi connectivity index (χ1v) is 10.3. The van der Waals surface area contributed by atoms with Gasteiger partial charge in [0, 0.05) is 36.7 Å². The number of hydrogen-bond acceptors (Lipinski definition) is 7. The summed E-state index contributed by atoms with van der Waals surface area (Å²) < 4.78 is 10.9. The molecule has 2 heterocycles. The maximum absolute atomic E-state index is 12.2. The van der Waals surface area contributed by atoms with E-state index in [9.17, 15) is 9.59 Å². The van der Waals surface area contributed by atoms with Gasteiger partial charge in [-0.15, -0.1) is 11.8 Å². The Morgan fingerprint density at radius 2 is 1.96 bits per heavy atom. The molecule has 1 aromatic rings.